The molecule has 1 saturated heterocycles. The monoisotopic (exact) mass is 805 g/mol. The number of carbonyl (C=O) groups excluding carboxylic acids is 1. The lowest BCUT2D eigenvalue weighted by molar-refractivity contribution is -0.120. The van der Waals surface area contributed by atoms with E-state index in [4.69, 9.17) is 49.0 Å². The fraction of sp³-hybridized carbons (Fsp3) is 0.244. The lowest BCUT2D eigenvalue weighted by atomic mass is 9.63. The molecule has 4 N–H and O–H groups in total. The molecule has 1 aliphatic rings. The average molecular weight is 807 g/mol. The summed E-state index contributed by atoms with van der Waals surface area (Å²) in [6.45, 7) is 0.133. The van der Waals surface area contributed by atoms with Crippen molar-refractivity contribution in [2.24, 2.45) is 0 Å². The van der Waals surface area contributed by atoms with Gasteiger partial charge in [-0.3, -0.25) is 19.1 Å². The van der Waals surface area contributed by atoms with Crippen LogP contribution in [0.2, 0.25) is 0 Å². The fourth-order valence-electron chi connectivity index (χ4n) is 7.01. The molecule has 1 aliphatic heterocycles. The van der Waals surface area contributed by atoms with Gasteiger partial charge in [-0.25, -0.2) is 4.79 Å². The Bertz CT molecular complexity index is 2220. The first kappa shape index (κ1) is 39.8. The molecule has 4 aromatic carbocycles. The summed E-state index contributed by atoms with van der Waals surface area (Å²) < 4.78 is 17.3. The van der Waals surface area contributed by atoms with Crippen LogP contribution < -0.4 is 26.0 Å². The Morgan fingerprint density at radius 2 is 1.49 bits per heavy atom. The minimum absolute atomic E-state index is 0.0736. The molecule has 0 radical (unpaired) electrons. The lowest BCUT2D eigenvalue weighted by Crippen LogP contribution is -2.51. The summed E-state index contributed by atoms with van der Waals surface area (Å²) in [4.78, 5) is 40.4. The van der Waals surface area contributed by atoms with Gasteiger partial charge in [0, 0.05) is 30.3 Å². The Balaban J connectivity index is 1.34. The zero-order chi connectivity index (χ0) is 39.3. The Kier molecular flexibility index (Phi) is 12.2. The van der Waals surface area contributed by atoms with Crippen molar-refractivity contribution in [1.29, 1.82) is 0 Å². The summed E-state index contributed by atoms with van der Waals surface area (Å²) in [5.74, 6) is 0.212. The van der Waals surface area contributed by atoms with Gasteiger partial charge in [-0.2, -0.15) is 0 Å². The number of hydrogen-bond acceptors (Lipinski definition) is 8. The average Bonchev–Trinajstić information content (AvgIpc) is 3.58. The standard InChI is InChI=1S/C41H38Cl3N3O8/c1-53-32-14-8-6-12-29(32)40(28-10-4-3-5-11-28,30-13-7-9-15-33(30)54-2)36(49)35-31(48)22-34(55-35)47-24-27(37(50)46-39(47)52)21-20-25-16-18-26(19-17-25)23-45-38(51)41(42,43)44/h3-21,24,31,34-36,48-49H,22-23H2,1-2H3,(H,45,51)(H,46,50,52)/b21-20+/t31-,34+,35-,36?/m0/s1. The molecular formula is C41H38Cl3N3O8. The van der Waals surface area contributed by atoms with Crippen LogP contribution in [0.15, 0.2) is 119 Å². The molecule has 6 rings (SSSR count). The van der Waals surface area contributed by atoms with Gasteiger partial charge >= 0.3 is 5.69 Å². The molecule has 14 heteroatoms. The van der Waals surface area contributed by atoms with Gasteiger partial charge in [0.15, 0.2) is 0 Å². The molecule has 2 heterocycles. The van der Waals surface area contributed by atoms with Gasteiger partial charge in [-0.15, -0.1) is 0 Å². The van der Waals surface area contributed by atoms with E-state index in [0.717, 1.165) is 5.56 Å². The second-order valence-corrected chi connectivity index (χ2v) is 15.2. The maximum atomic E-state index is 13.2. The van der Waals surface area contributed by atoms with Gasteiger partial charge in [0.05, 0.1) is 31.3 Å². The normalized spacial score (nSPS) is 17.9. The van der Waals surface area contributed by atoms with E-state index in [9.17, 15) is 24.6 Å². The first-order valence-electron chi connectivity index (χ1n) is 17.2. The molecule has 1 unspecified atom stereocenters. The van der Waals surface area contributed by atoms with E-state index in [1.165, 1.54) is 16.8 Å². The summed E-state index contributed by atoms with van der Waals surface area (Å²) in [7, 11) is 3.09. The molecule has 5 aromatic rings. The number of alkyl halides is 3. The second kappa shape index (κ2) is 16.9. The molecule has 286 valence electrons. The van der Waals surface area contributed by atoms with E-state index >= 15 is 0 Å². The summed E-state index contributed by atoms with van der Waals surface area (Å²) in [6, 6.07) is 31.0. The molecule has 4 atom stereocenters. The second-order valence-electron chi connectivity index (χ2n) is 12.9. The van der Waals surface area contributed by atoms with Crippen LogP contribution in [0.25, 0.3) is 12.2 Å². The molecule has 0 bridgehead atoms. The first-order valence-corrected chi connectivity index (χ1v) is 18.3. The maximum absolute atomic E-state index is 13.2. The number of methoxy groups -OCH3 is 2. The number of para-hydroxylation sites is 2. The summed E-state index contributed by atoms with van der Waals surface area (Å²) in [6.07, 6.45) is -0.522. The third-order valence-electron chi connectivity index (χ3n) is 9.64. The number of hydrogen-bond donors (Lipinski definition) is 4. The predicted octanol–water partition coefficient (Wildman–Crippen LogP) is 5.75. The number of carbonyl (C=O) groups is 1. The number of H-pyrrole nitrogens is 1. The summed E-state index contributed by atoms with van der Waals surface area (Å²) >= 11 is 16.8. The maximum Gasteiger partial charge on any atom is 0.330 e. The third kappa shape index (κ3) is 8.23. The third-order valence-corrected chi connectivity index (χ3v) is 10.2. The van der Waals surface area contributed by atoms with Crippen molar-refractivity contribution < 1.29 is 29.2 Å². The number of ether oxygens (including phenoxy) is 3. The topological polar surface area (TPSA) is 152 Å². The molecule has 1 fully saturated rings. The number of rotatable bonds is 12. The highest BCUT2D eigenvalue weighted by Gasteiger charge is 2.54. The fourth-order valence-corrected chi connectivity index (χ4v) is 7.22. The summed E-state index contributed by atoms with van der Waals surface area (Å²) in [5.41, 5.74) is 0.653. The van der Waals surface area contributed by atoms with Crippen LogP contribution >= 0.6 is 34.8 Å². The van der Waals surface area contributed by atoms with Crippen LogP contribution in [0, 0.1) is 0 Å². The molecular weight excluding hydrogens is 769 g/mol. The highest BCUT2D eigenvalue weighted by molar-refractivity contribution is 6.76. The minimum atomic E-state index is -2.08. The van der Waals surface area contributed by atoms with Crippen LogP contribution in [-0.4, -0.2) is 62.0 Å². The quantitative estimate of drug-likeness (QED) is 0.0919. The van der Waals surface area contributed by atoms with Gasteiger partial charge in [0.2, 0.25) is 0 Å². The van der Waals surface area contributed by atoms with E-state index in [1.54, 1.807) is 56.7 Å². The molecule has 11 nitrogen and oxygen atoms in total. The van der Waals surface area contributed by atoms with E-state index in [-0.39, 0.29) is 18.5 Å². The molecule has 0 saturated carbocycles. The number of benzene rings is 4. The largest absolute Gasteiger partial charge is 0.496 e. The van der Waals surface area contributed by atoms with E-state index < -0.39 is 50.9 Å². The number of aliphatic hydroxyl groups excluding tert-OH is 2. The van der Waals surface area contributed by atoms with E-state index in [1.807, 2.05) is 66.7 Å². The number of aliphatic hydroxyl groups is 2. The molecule has 1 amide bonds. The van der Waals surface area contributed by atoms with Gasteiger partial charge in [0.25, 0.3) is 15.3 Å². The highest BCUT2D eigenvalue weighted by Crippen LogP contribution is 2.51. The smallest absolute Gasteiger partial charge is 0.330 e. The highest BCUT2D eigenvalue weighted by atomic mass is 35.6. The zero-order valence-corrected chi connectivity index (χ0v) is 32.0. The van der Waals surface area contributed by atoms with Crippen LogP contribution in [0.1, 0.15) is 46.0 Å². The molecule has 55 heavy (non-hydrogen) atoms. The van der Waals surface area contributed by atoms with Crippen molar-refractivity contribution in [3.05, 3.63) is 164 Å². The number of nitrogens with zero attached hydrogens (tertiary/aromatic N) is 1. The van der Waals surface area contributed by atoms with Crippen molar-refractivity contribution in [3.63, 3.8) is 0 Å². The molecule has 0 aliphatic carbocycles. The predicted molar refractivity (Wildman–Crippen MR) is 212 cm³/mol. The van der Waals surface area contributed by atoms with Crippen LogP contribution in [-0.2, 0) is 21.5 Å². The van der Waals surface area contributed by atoms with Crippen LogP contribution in [0.4, 0.5) is 0 Å². The van der Waals surface area contributed by atoms with E-state index in [0.29, 0.717) is 33.8 Å². The van der Waals surface area contributed by atoms with Crippen molar-refractivity contribution >= 4 is 52.9 Å². The number of halogens is 3. The number of aromatic amines is 1. The van der Waals surface area contributed by atoms with Crippen LogP contribution in [0.3, 0.4) is 0 Å². The zero-order valence-electron chi connectivity index (χ0n) is 29.7. The summed E-state index contributed by atoms with van der Waals surface area (Å²) in [5, 5.41) is 27.0. The van der Waals surface area contributed by atoms with Crippen molar-refractivity contribution in [3.8, 4) is 11.5 Å². The minimum Gasteiger partial charge on any atom is -0.496 e. The van der Waals surface area contributed by atoms with Crippen molar-refractivity contribution in [2.45, 2.75) is 46.7 Å². The van der Waals surface area contributed by atoms with Crippen molar-refractivity contribution in [1.82, 2.24) is 14.9 Å². The number of aromatic nitrogens is 2. The lowest BCUT2D eigenvalue weighted by Gasteiger charge is -2.43. The van der Waals surface area contributed by atoms with Gasteiger partial charge < -0.3 is 29.7 Å². The van der Waals surface area contributed by atoms with E-state index in [2.05, 4.69) is 10.3 Å². The SMILES string of the molecule is COc1ccccc1C(c1ccccc1)(c1ccccc1OC)C(O)[C@H]1O[C@@H](n2cc(/C=C/c3ccc(CNC(=O)C(Cl)(Cl)Cl)cc3)c(=O)[nH]c2=O)C[C@@H]1O. The van der Waals surface area contributed by atoms with Gasteiger partial charge in [0.1, 0.15) is 29.9 Å². The number of amides is 1. The molecule has 1 aromatic heterocycles. The first-order chi connectivity index (χ1) is 26.4. The number of nitrogens with one attached hydrogen (secondary N) is 2. The molecule has 0 spiro atoms. The Morgan fingerprint density at radius 3 is 2.07 bits per heavy atom. The van der Waals surface area contributed by atoms with Gasteiger partial charge in [-0.05, 0) is 34.9 Å². The Morgan fingerprint density at radius 1 is 0.909 bits per heavy atom. The Hall–Kier alpha value is -4.88. The van der Waals surface area contributed by atoms with Gasteiger partial charge in [-0.1, -0.05) is 132 Å². The Labute approximate surface area is 331 Å². The van der Waals surface area contributed by atoms with Crippen molar-refractivity contribution in [2.75, 3.05) is 14.2 Å². The van der Waals surface area contributed by atoms with Crippen LogP contribution in [0.5, 0.6) is 11.5 Å².